The molecule has 0 bridgehead atoms. The number of hydrogen-bond acceptors (Lipinski definition) is 6. The number of halogens is 1. The third-order valence-corrected chi connectivity index (χ3v) is 7.53. The van der Waals surface area contributed by atoms with Crippen molar-refractivity contribution in [2.75, 3.05) is 20.5 Å². The Morgan fingerprint density at radius 2 is 1.57 bits per heavy atom. The molecule has 0 N–H and O–H groups in total. The molecule has 5 rings (SSSR count). The Kier molecular flexibility index (Phi) is 8.48. The highest BCUT2D eigenvalue weighted by molar-refractivity contribution is 5.94. The number of ether oxygens (including phenoxy) is 4. The fourth-order valence-electron chi connectivity index (χ4n) is 5.51. The van der Waals surface area contributed by atoms with Crippen molar-refractivity contribution in [2.45, 2.75) is 51.9 Å². The van der Waals surface area contributed by atoms with Gasteiger partial charge in [-0.2, -0.15) is 0 Å². The number of methoxy groups -OCH3 is 1. The predicted molar refractivity (Wildman–Crippen MR) is 153 cm³/mol. The molecule has 1 aliphatic rings. The largest absolute Gasteiger partial charge is 0.511 e. The van der Waals surface area contributed by atoms with Gasteiger partial charge in [-0.25, -0.2) is 9.18 Å². The van der Waals surface area contributed by atoms with Gasteiger partial charge in [-0.1, -0.05) is 67.8 Å². The lowest BCUT2D eigenvalue weighted by molar-refractivity contribution is 0.00755. The summed E-state index contributed by atoms with van der Waals surface area (Å²) in [6, 6.07) is 19.9. The van der Waals surface area contributed by atoms with Crippen LogP contribution in [-0.4, -0.2) is 31.6 Å². The Morgan fingerprint density at radius 3 is 2.23 bits per heavy atom. The smallest absolute Gasteiger partial charge is 0.494 e. The summed E-state index contributed by atoms with van der Waals surface area (Å²) in [6.45, 7) is 3.33. The number of carbonyl (C=O) groups excluding carboxylic acids is 1. The minimum absolute atomic E-state index is 0.0831. The quantitative estimate of drug-likeness (QED) is 0.164. The van der Waals surface area contributed by atoms with Gasteiger partial charge in [0.25, 0.3) is 0 Å². The van der Waals surface area contributed by atoms with Gasteiger partial charge in [-0.05, 0) is 60.9 Å². The second-order valence-electron chi connectivity index (χ2n) is 10.0. The fourth-order valence-corrected chi connectivity index (χ4v) is 5.51. The van der Waals surface area contributed by atoms with E-state index in [-0.39, 0.29) is 12.4 Å². The highest BCUT2D eigenvalue weighted by Gasteiger charge is 2.20. The minimum Gasteiger partial charge on any atom is -0.494 e. The summed E-state index contributed by atoms with van der Waals surface area (Å²) in [4.78, 5) is 16.4. The van der Waals surface area contributed by atoms with E-state index in [9.17, 15) is 9.18 Å². The van der Waals surface area contributed by atoms with E-state index in [2.05, 4.69) is 36.4 Å². The maximum atomic E-state index is 14.8. The molecule has 3 aromatic carbocycles. The normalized spacial score (nSPS) is 13.7. The second kappa shape index (κ2) is 12.4. The SMILES string of the molecule is CCOC(=O)OCOc1c(-c2ccc(-c3ccc(C4CCCCC4)cc3)cc2)c(C)nc2cc(OC)c(F)cc12. The number of aryl methyl sites for hydroxylation is 1. The summed E-state index contributed by atoms with van der Waals surface area (Å²) in [6.07, 6.45) is 5.70. The van der Waals surface area contributed by atoms with Crippen LogP contribution in [0.5, 0.6) is 11.5 Å². The van der Waals surface area contributed by atoms with Crippen molar-refractivity contribution >= 4 is 17.1 Å². The van der Waals surface area contributed by atoms with E-state index in [0.717, 1.165) is 16.7 Å². The van der Waals surface area contributed by atoms with Crippen LogP contribution in [0.4, 0.5) is 9.18 Å². The van der Waals surface area contributed by atoms with Crippen LogP contribution < -0.4 is 9.47 Å². The first-order chi connectivity index (χ1) is 19.5. The van der Waals surface area contributed by atoms with Crippen molar-refractivity contribution in [3.05, 3.63) is 77.7 Å². The van der Waals surface area contributed by atoms with E-state index in [1.54, 1.807) is 6.92 Å². The minimum atomic E-state index is -0.842. The van der Waals surface area contributed by atoms with Crippen molar-refractivity contribution < 1.29 is 28.1 Å². The third-order valence-electron chi connectivity index (χ3n) is 7.53. The summed E-state index contributed by atoms with van der Waals surface area (Å²) in [5, 5.41) is 0.439. The maximum absolute atomic E-state index is 14.8. The Morgan fingerprint density at radius 1 is 0.925 bits per heavy atom. The van der Waals surface area contributed by atoms with Crippen LogP contribution in [0.3, 0.4) is 0 Å². The lowest BCUT2D eigenvalue weighted by atomic mass is 9.83. The second-order valence-corrected chi connectivity index (χ2v) is 10.0. The molecule has 0 unspecified atom stereocenters. The zero-order valence-corrected chi connectivity index (χ0v) is 23.2. The lowest BCUT2D eigenvalue weighted by Crippen LogP contribution is -2.12. The molecule has 0 saturated heterocycles. The van der Waals surface area contributed by atoms with Crippen molar-refractivity contribution in [3.63, 3.8) is 0 Å². The number of fused-ring (bicyclic) bond motifs is 1. The summed E-state index contributed by atoms with van der Waals surface area (Å²) in [7, 11) is 1.40. The van der Waals surface area contributed by atoms with Gasteiger partial charge < -0.3 is 18.9 Å². The molecule has 1 heterocycles. The number of nitrogens with zero attached hydrogens (tertiary/aromatic N) is 1. The molecule has 0 amide bonds. The van der Waals surface area contributed by atoms with Gasteiger partial charge in [-0.3, -0.25) is 4.98 Å². The van der Waals surface area contributed by atoms with Crippen LogP contribution in [0, 0.1) is 12.7 Å². The van der Waals surface area contributed by atoms with E-state index >= 15 is 0 Å². The summed E-state index contributed by atoms with van der Waals surface area (Å²) < 4.78 is 35.7. The van der Waals surface area contributed by atoms with Crippen molar-refractivity contribution in [1.82, 2.24) is 4.98 Å². The van der Waals surface area contributed by atoms with Gasteiger partial charge >= 0.3 is 6.16 Å². The Labute approximate surface area is 234 Å². The number of hydrogen-bond donors (Lipinski definition) is 0. The first-order valence-electron chi connectivity index (χ1n) is 13.8. The molecule has 4 aromatic rings. The lowest BCUT2D eigenvalue weighted by Gasteiger charge is -2.22. The number of carbonyl (C=O) groups is 1. The van der Waals surface area contributed by atoms with Crippen LogP contribution in [0.15, 0.2) is 60.7 Å². The van der Waals surface area contributed by atoms with Crippen molar-refractivity contribution in [1.29, 1.82) is 0 Å². The molecule has 0 spiro atoms. The molecule has 1 aromatic heterocycles. The van der Waals surface area contributed by atoms with Crippen LogP contribution in [0.25, 0.3) is 33.2 Å². The molecule has 0 atom stereocenters. The molecule has 1 aliphatic carbocycles. The van der Waals surface area contributed by atoms with Crippen molar-refractivity contribution in [3.8, 4) is 33.8 Å². The number of rotatable bonds is 8. The Balaban J connectivity index is 1.47. The highest BCUT2D eigenvalue weighted by Crippen LogP contribution is 2.41. The van der Waals surface area contributed by atoms with Gasteiger partial charge in [0, 0.05) is 22.7 Å². The van der Waals surface area contributed by atoms with Gasteiger partial charge in [0.05, 0.1) is 19.2 Å². The summed E-state index contributed by atoms with van der Waals surface area (Å²) in [5.74, 6) is 0.567. The van der Waals surface area contributed by atoms with E-state index in [1.807, 2.05) is 19.1 Å². The Bertz CT molecular complexity index is 1480. The van der Waals surface area contributed by atoms with Crippen molar-refractivity contribution in [2.24, 2.45) is 0 Å². The fraction of sp³-hybridized carbons (Fsp3) is 0.333. The average molecular weight is 544 g/mol. The standard InChI is InChI=1S/C33H34FNO5/c1-4-38-33(36)40-20-39-32-27-18-28(34)30(37-3)19-29(27)35-21(2)31(32)26-16-14-25(15-17-26)24-12-10-23(11-13-24)22-8-6-5-7-9-22/h10-19,22H,4-9,20H2,1-3H3. The molecular formula is C33H34FNO5. The van der Waals surface area contributed by atoms with Gasteiger partial charge in [0.2, 0.25) is 6.79 Å². The predicted octanol–water partition coefficient (Wildman–Crippen LogP) is 8.58. The van der Waals surface area contributed by atoms with Crippen LogP contribution >= 0.6 is 0 Å². The molecule has 40 heavy (non-hydrogen) atoms. The molecule has 7 heteroatoms. The zero-order valence-electron chi connectivity index (χ0n) is 23.2. The van der Waals surface area contributed by atoms with Crippen LogP contribution in [0.2, 0.25) is 0 Å². The number of aromatic nitrogens is 1. The van der Waals surface area contributed by atoms with Gasteiger partial charge in [-0.15, -0.1) is 0 Å². The Hall–Kier alpha value is -4.13. The topological polar surface area (TPSA) is 66.9 Å². The van der Waals surface area contributed by atoms with E-state index < -0.39 is 18.8 Å². The van der Waals surface area contributed by atoms with E-state index in [4.69, 9.17) is 23.9 Å². The molecule has 6 nitrogen and oxygen atoms in total. The van der Waals surface area contributed by atoms with Crippen LogP contribution in [-0.2, 0) is 9.47 Å². The first-order valence-corrected chi connectivity index (χ1v) is 13.8. The molecule has 0 aliphatic heterocycles. The molecule has 1 fully saturated rings. The first kappa shape index (κ1) is 27.4. The molecule has 0 radical (unpaired) electrons. The third kappa shape index (κ3) is 5.88. The molecule has 208 valence electrons. The monoisotopic (exact) mass is 543 g/mol. The summed E-state index contributed by atoms with van der Waals surface area (Å²) >= 11 is 0. The molecule has 1 saturated carbocycles. The number of pyridine rings is 1. The van der Waals surface area contributed by atoms with E-state index in [1.165, 1.54) is 56.9 Å². The number of benzene rings is 3. The average Bonchev–Trinajstić information content (AvgIpc) is 2.98. The van der Waals surface area contributed by atoms with Gasteiger partial charge in [0.15, 0.2) is 11.6 Å². The highest BCUT2D eigenvalue weighted by atomic mass is 19.1. The zero-order chi connectivity index (χ0) is 28.1. The van der Waals surface area contributed by atoms with E-state index in [0.29, 0.717) is 33.8 Å². The van der Waals surface area contributed by atoms with Crippen LogP contribution in [0.1, 0.15) is 56.2 Å². The summed E-state index contributed by atoms with van der Waals surface area (Å²) in [5.41, 5.74) is 6.37. The van der Waals surface area contributed by atoms with Gasteiger partial charge in [0.1, 0.15) is 5.75 Å². The maximum Gasteiger partial charge on any atom is 0.511 e. The molecular weight excluding hydrogens is 509 g/mol.